The van der Waals surface area contributed by atoms with Gasteiger partial charge in [0, 0.05) is 25.2 Å². The van der Waals surface area contributed by atoms with Crippen molar-refractivity contribution in [2.75, 3.05) is 13.1 Å². The zero-order valence-electron chi connectivity index (χ0n) is 12.6. The van der Waals surface area contributed by atoms with Crippen molar-refractivity contribution in [1.82, 2.24) is 10.2 Å². The Balaban J connectivity index is 1.96. The summed E-state index contributed by atoms with van der Waals surface area (Å²) in [5, 5.41) is 13.5. The lowest BCUT2D eigenvalue weighted by atomic mass is 10.1. The molecule has 0 bridgehead atoms. The maximum Gasteiger partial charge on any atom is 0.317 e. The van der Waals surface area contributed by atoms with Crippen LogP contribution in [0, 0.1) is 10.1 Å². The number of benzene rings is 1. The average molecular weight is 325 g/mol. The van der Waals surface area contributed by atoms with E-state index in [1.165, 1.54) is 17.0 Å². The lowest BCUT2D eigenvalue weighted by Crippen LogP contribution is -2.44. The van der Waals surface area contributed by atoms with Gasteiger partial charge in [-0.05, 0) is 30.9 Å². The molecular formula is C15H17F2N3O3. The van der Waals surface area contributed by atoms with Gasteiger partial charge in [-0.3, -0.25) is 10.1 Å². The lowest BCUT2D eigenvalue weighted by Gasteiger charge is -2.29. The first kappa shape index (κ1) is 16.9. The van der Waals surface area contributed by atoms with Crippen molar-refractivity contribution in [3.05, 3.63) is 51.6 Å². The van der Waals surface area contributed by atoms with Gasteiger partial charge < -0.3 is 10.2 Å². The summed E-state index contributed by atoms with van der Waals surface area (Å²) in [4.78, 5) is 23.9. The molecule has 1 atom stereocenters. The highest BCUT2D eigenvalue weighted by molar-refractivity contribution is 5.75. The number of nitrogens with zero attached hydrogens (tertiary/aromatic N) is 2. The zero-order valence-corrected chi connectivity index (χ0v) is 12.6. The van der Waals surface area contributed by atoms with Gasteiger partial charge in [0.25, 0.3) is 11.8 Å². The van der Waals surface area contributed by atoms with E-state index in [1.54, 1.807) is 19.1 Å². The fraction of sp³-hybridized carbons (Fsp3) is 0.400. The van der Waals surface area contributed by atoms with Crippen LogP contribution in [-0.4, -0.2) is 28.9 Å². The van der Waals surface area contributed by atoms with Gasteiger partial charge in [-0.1, -0.05) is 12.1 Å². The third kappa shape index (κ3) is 4.24. The van der Waals surface area contributed by atoms with Crippen LogP contribution in [0.15, 0.2) is 35.9 Å². The molecule has 1 saturated heterocycles. The quantitative estimate of drug-likeness (QED) is 0.681. The third-order valence-electron chi connectivity index (χ3n) is 3.84. The number of hydrogen-bond donors (Lipinski definition) is 1. The minimum absolute atomic E-state index is 0.0465. The van der Waals surface area contributed by atoms with E-state index in [0.717, 1.165) is 0 Å². The van der Waals surface area contributed by atoms with Crippen molar-refractivity contribution in [3.63, 3.8) is 0 Å². The smallest absolute Gasteiger partial charge is 0.317 e. The van der Waals surface area contributed by atoms with Crippen LogP contribution < -0.4 is 5.32 Å². The van der Waals surface area contributed by atoms with Crippen LogP contribution in [0.2, 0.25) is 0 Å². The summed E-state index contributed by atoms with van der Waals surface area (Å²) in [6, 6.07) is 5.24. The van der Waals surface area contributed by atoms with E-state index in [2.05, 4.69) is 5.32 Å². The van der Waals surface area contributed by atoms with Crippen LogP contribution in [0.5, 0.6) is 0 Å². The highest BCUT2D eigenvalue weighted by Crippen LogP contribution is 2.23. The topological polar surface area (TPSA) is 75.5 Å². The molecule has 1 aromatic carbocycles. The number of carbonyl (C=O) groups is 1. The molecule has 1 fully saturated rings. The third-order valence-corrected chi connectivity index (χ3v) is 3.84. The summed E-state index contributed by atoms with van der Waals surface area (Å²) in [7, 11) is 0. The summed E-state index contributed by atoms with van der Waals surface area (Å²) >= 11 is 0. The number of halogens is 2. The second kappa shape index (κ2) is 7.17. The molecule has 124 valence electrons. The van der Waals surface area contributed by atoms with Crippen LogP contribution >= 0.6 is 0 Å². The molecule has 1 aliphatic rings. The number of urea groups is 1. The zero-order chi connectivity index (χ0) is 17.0. The van der Waals surface area contributed by atoms with E-state index in [-0.39, 0.29) is 43.2 Å². The standard InChI is InChI=1S/C15H17F2N3O3/c1-10(12-3-2-4-13(9-12)20(22)23)18-15(21)19-7-5-11(6-8-19)14(16)17/h2-4,9-10H,5-8H2,1H3,(H,18,21). The van der Waals surface area contributed by atoms with Crippen molar-refractivity contribution in [2.45, 2.75) is 25.8 Å². The SMILES string of the molecule is CC(NC(=O)N1CCC(=C(F)F)CC1)c1cccc([N+](=O)[O-])c1. The van der Waals surface area contributed by atoms with Gasteiger partial charge in [0.2, 0.25) is 0 Å². The Morgan fingerprint density at radius 1 is 1.35 bits per heavy atom. The molecule has 0 spiro atoms. The summed E-state index contributed by atoms with van der Waals surface area (Å²) in [5.74, 6) is 0. The van der Waals surface area contributed by atoms with Crippen LogP contribution in [0.25, 0.3) is 0 Å². The molecule has 1 N–H and O–H groups in total. The number of non-ortho nitro benzene ring substituents is 1. The fourth-order valence-electron chi connectivity index (χ4n) is 2.44. The van der Waals surface area contributed by atoms with Crippen molar-refractivity contribution in [2.24, 2.45) is 0 Å². The van der Waals surface area contributed by atoms with Crippen LogP contribution in [-0.2, 0) is 0 Å². The molecule has 6 nitrogen and oxygen atoms in total. The van der Waals surface area contributed by atoms with Gasteiger partial charge in [0.15, 0.2) is 0 Å². The number of rotatable bonds is 3. The molecule has 8 heteroatoms. The normalized spacial score (nSPS) is 16.0. The number of nitro groups is 1. The Kier molecular flexibility index (Phi) is 5.25. The molecule has 1 unspecified atom stereocenters. The Morgan fingerprint density at radius 2 is 2.00 bits per heavy atom. The summed E-state index contributed by atoms with van der Waals surface area (Å²) in [6.07, 6.45) is -1.32. The number of piperidine rings is 1. The average Bonchev–Trinajstić information content (AvgIpc) is 2.54. The molecule has 0 saturated carbocycles. The van der Waals surface area contributed by atoms with Gasteiger partial charge in [0.1, 0.15) is 0 Å². The predicted molar refractivity (Wildman–Crippen MR) is 80.1 cm³/mol. The number of amides is 2. The predicted octanol–water partition coefficient (Wildman–Crippen LogP) is 3.61. The Morgan fingerprint density at radius 3 is 2.57 bits per heavy atom. The first-order chi connectivity index (χ1) is 10.9. The summed E-state index contributed by atoms with van der Waals surface area (Å²) < 4.78 is 25.0. The van der Waals surface area contributed by atoms with Crippen LogP contribution in [0.4, 0.5) is 19.3 Å². The second-order valence-electron chi connectivity index (χ2n) is 5.37. The van der Waals surface area contributed by atoms with Crippen LogP contribution in [0.1, 0.15) is 31.4 Å². The summed E-state index contributed by atoms with van der Waals surface area (Å²) in [5.41, 5.74) is 0.663. The van der Waals surface area contributed by atoms with E-state index < -0.39 is 17.0 Å². The van der Waals surface area contributed by atoms with Crippen molar-refractivity contribution in [3.8, 4) is 0 Å². The largest absolute Gasteiger partial charge is 0.331 e. The molecular weight excluding hydrogens is 308 g/mol. The van der Waals surface area contributed by atoms with E-state index in [1.807, 2.05) is 0 Å². The van der Waals surface area contributed by atoms with Crippen molar-refractivity contribution >= 4 is 11.7 Å². The monoisotopic (exact) mass is 325 g/mol. The molecule has 1 aliphatic heterocycles. The number of hydrogen-bond acceptors (Lipinski definition) is 3. The first-order valence-corrected chi connectivity index (χ1v) is 7.21. The maximum atomic E-state index is 12.5. The Labute approximate surface area is 131 Å². The molecule has 2 rings (SSSR count). The van der Waals surface area contributed by atoms with Crippen molar-refractivity contribution in [1.29, 1.82) is 0 Å². The van der Waals surface area contributed by atoms with Gasteiger partial charge in [-0.25, -0.2) is 4.79 Å². The van der Waals surface area contributed by atoms with E-state index in [0.29, 0.717) is 5.56 Å². The number of nitrogens with one attached hydrogen (secondary N) is 1. The van der Waals surface area contributed by atoms with E-state index in [9.17, 15) is 23.7 Å². The minimum atomic E-state index is -1.66. The lowest BCUT2D eigenvalue weighted by molar-refractivity contribution is -0.384. The number of likely N-dealkylation sites (tertiary alicyclic amines) is 1. The highest BCUT2D eigenvalue weighted by Gasteiger charge is 2.23. The van der Waals surface area contributed by atoms with Gasteiger partial charge in [-0.15, -0.1) is 0 Å². The number of nitro benzene ring substituents is 1. The Bertz CT molecular complexity index is 635. The van der Waals surface area contributed by atoms with E-state index in [4.69, 9.17) is 0 Å². The maximum absolute atomic E-state index is 12.5. The molecule has 0 aliphatic carbocycles. The highest BCUT2D eigenvalue weighted by atomic mass is 19.3. The molecule has 2 amide bonds. The van der Waals surface area contributed by atoms with Gasteiger partial charge in [-0.2, -0.15) is 8.78 Å². The molecule has 23 heavy (non-hydrogen) atoms. The molecule has 0 aromatic heterocycles. The van der Waals surface area contributed by atoms with Crippen molar-refractivity contribution < 1.29 is 18.5 Å². The van der Waals surface area contributed by atoms with Gasteiger partial charge in [0.05, 0.1) is 11.0 Å². The number of carbonyl (C=O) groups excluding carboxylic acids is 1. The molecule has 0 radical (unpaired) electrons. The molecule has 1 aromatic rings. The van der Waals surface area contributed by atoms with E-state index >= 15 is 0 Å². The van der Waals surface area contributed by atoms with Crippen LogP contribution in [0.3, 0.4) is 0 Å². The molecule has 1 heterocycles. The first-order valence-electron chi connectivity index (χ1n) is 7.21. The van der Waals surface area contributed by atoms with Gasteiger partial charge >= 0.3 is 6.03 Å². The second-order valence-corrected chi connectivity index (χ2v) is 5.37. The Hall–Kier alpha value is -2.51. The fourth-order valence-corrected chi connectivity index (χ4v) is 2.44. The summed E-state index contributed by atoms with van der Waals surface area (Å²) in [6.45, 7) is 2.19. The minimum Gasteiger partial charge on any atom is -0.331 e.